The van der Waals surface area contributed by atoms with Crippen molar-refractivity contribution in [3.63, 3.8) is 0 Å². The van der Waals surface area contributed by atoms with Gasteiger partial charge in [0, 0.05) is 10.9 Å². The predicted octanol–water partition coefficient (Wildman–Crippen LogP) is 4.10. The number of hydrogen-bond donors (Lipinski definition) is 1. The molecule has 2 N–H and O–H groups in total. The second-order valence-corrected chi connectivity index (χ2v) is 13.0. The van der Waals surface area contributed by atoms with Crippen LogP contribution in [-0.4, -0.2) is 25.8 Å². The number of amides is 1. The average molecular weight is 495 g/mol. The minimum Gasteiger partial charge on any atom is -0.472 e. The first-order valence-corrected chi connectivity index (χ1v) is 12.8. The zero-order valence-corrected chi connectivity index (χ0v) is 19.6. The molecule has 0 aromatic heterocycles. The van der Waals surface area contributed by atoms with E-state index in [1.54, 1.807) is 12.1 Å². The van der Waals surface area contributed by atoms with Gasteiger partial charge in [0.1, 0.15) is 10.9 Å². The van der Waals surface area contributed by atoms with E-state index in [0.717, 1.165) is 36.6 Å². The van der Waals surface area contributed by atoms with E-state index < -0.39 is 26.3 Å². The minimum atomic E-state index is -3.80. The molecular weight excluding hydrogens is 468 g/mol. The number of carbonyl (C=O) groups excluding carboxylic acids is 1. The SMILES string of the molecule is CC1(C)OC(CC23CC4CC2CC(C(N)=O)(C4)C3)=NS(=O)(=O)[C@@H]1c1ccc(Br)cc1. The second kappa shape index (κ2) is 6.31. The van der Waals surface area contributed by atoms with Crippen molar-refractivity contribution in [3.05, 3.63) is 34.3 Å². The molecule has 1 amide bonds. The van der Waals surface area contributed by atoms with Crippen LogP contribution in [0.3, 0.4) is 0 Å². The summed E-state index contributed by atoms with van der Waals surface area (Å²) in [6, 6.07) is 7.25. The lowest BCUT2D eigenvalue weighted by Crippen LogP contribution is -2.45. The number of sulfonamides is 1. The maximum atomic E-state index is 13.2. The van der Waals surface area contributed by atoms with Crippen LogP contribution in [0.4, 0.5) is 0 Å². The lowest BCUT2D eigenvalue weighted by atomic mass is 9.66. The number of benzene rings is 1. The highest BCUT2D eigenvalue weighted by molar-refractivity contribution is 9.10. The lowest BCUT2D eigenvalue weighted by molar-refractivity contribution is -0.130. The van der Waals surface area contributed by atoms with Crippen molar-refractivity contribution in [1.82, 2.24) is 0 Å². The van der Waals surface area contributed by atoms with Crippen LogP contribution < -0.4 is 5.73 Å². The monoisotopic (exact) mass is 494 g/mol. The number of primary amides is 1. The quantitative estimate of drug-likeness (QED) is 0.680. The molecule has 5 aliphatic rings. The third-order valence-corrected chi connectivity index (χ3v) is 10.3. The highest BCUT2D eigenvalue weighted by Crippen LogP contribution is 2.71. The van der Waals surface area contributed by atoms with Crippen LogP contribution in [0.2, 0.25) is 0 Å². The van der Waals surface area contributed by atoms with Gasteiger partial charge in [-0.3, -0.25) is 4.79 Å². The Morgan fingerprint density at radius 2 is 1.93 bits per heavy atom. The molecule has 4 bridgehead atoms. The molecule has 0 saturated heterocycles. The van der Waals surface area contributed by atoms with Crippen molar-refractivity contribution in [2.24, 2.45) is 32.8 Å². The molecule has 8 heteroatoms. The number of nitrogens with two attached hydrogens (primary N) is 1. The zero-order chi connectivity index (χ0) is 21.5. The van der Waals surface area contributed by atoms with Gasteiger partial charge in [-0.1, -0.05) is 28.1 Å². The Kier molecular flexibility index (Phi) is 4.31. The smallest absolute Gasteiger partial charge is 0.267 e. The zero-order valence-electron chi connectivity index (χ0n) is 17.2. The van der Waals surface area contributed by atoms with Gasteiger partial charge in [0.2, 0.25) is 11.8 Å². The Labute approximate surface area is 185 Å². The van der Waals surface area contributed by atoms with Crippen molar-refractivity contribution in [3.8, 4) is 0 Å². The second-order valence-electron chi connectivity index (χ2n) is 10.4. The number of halogens is 1. The van der Waals surface area contributed by atoms with Crippen LogP contribution >= 0.6 is 15.9 Å². The van der Waals surface area contributed by atoms with E-state index in [0.29, 0.717) is 29.7 Å². The highest BCUT2D eigenvalue weighted by Gasteiger charge is 2.66. The summed E-state index contributed by atoms with van der Waals surface area (Å²) >= 11 is 3.39. The fourth-order valence-corrected chi connectivity index (χ4v) is 9.17. The first-order chi connectivity index (χ1) is 13.9. The topological polar surface area (TPSA) is 98.8 Å². The Balaban J connectivity index is 1.47. The summed E-state index contributed by atoms with van der Waals surface area (Å²) in [6.07, 6.45) is 5.01. The summed E-state index contributed by atoms with van der Waals surface area (Å²) in [7, 11) is -3.80. The van der Waals surface area contributed by atoms with Crippen LogP contribution in [0.1, 0.15) is 63.2 Å². The molecule has 4 unspecified atom stereocenters. The van der Waals surface area contributed by atoms with Gasteiger partial charge in [0.25, 0.3) is 10.0 Å². The van der Waals surface area contributed by atoms with Crippen LogP contribution in [-0.2, 0) is 19.6 Å². The summed E-state index contributed by atoms with van der Waals surface area (Å²) in [5.41, 5.74) is 4.97. The van der Waals surface area contributed by atoms with E-state index in [2.05, 4.69) is 20.3 Å². The first kappa shape index (κ1) is 20.5. The molecule has 1 aromatic rings. The van der Waals surface area contributed by atoms with Gasteiger partial charge in [-0.25, -0.2) is 8.42 Å². The maximum Gasteiger partial charge on any atom is 0.267 e. The van der Waals surface area contributed by atoms with Crippen LogP contribution in [0, 0.1) is 22.7 Å². The van der Waals surface area contributed by atoms with Gasteiger partial charge in [0.05, 0.1) is 5.41 Å². The van der Waals surface area contributed by atoms with Gasteiger partial charge in [0.15, 0.2) is 0 Å². The number of rotatable bonds is 4. The van der Waals surface area contributed by atoms with E-state index in [-0.39, 0.29) is 11.3 Å². The van der Waals surface area contributed by atoms with Crippen molar-refractivity contribution < 1.29 is 17.9 Å². The highest BCUT2D eigenvalue weighted by atomic mass is 79.9. The average Bonchev–Trinajstić information content (AvgIpc) is 2.96. The van der Waals surface area contributed by atoms with Crippen LogP contribution in [0.5, 0.6) is 0 Å². The molecule has 4 aliphatic carbocycles. The van der Waals surface area contributed by atoms with E-state index >= 15 is 0 Å². The Morgan fingerprint density at radius 1 is 1.23 bits per heavy atom. The van der Waals surface area contributed by atoms with Gasteiger partial charge in [-0.15, -0.1) is 4.40 Å². The third-order valence-electron chi connectivity index (χ3n) is 7.92. The number of ether oxygens (including phenoxy) is 1. The van der Waals surface area contributed by atoms with Crippen LogP contribution in [0.15, 0.2) is 33.1 Å². The molecule has 1 aromatic carbocycles. The van der Waals surface area contributed by atoms with Crippen molar-refractivity contribution in [2.45, 2.75) is 63.2 Å². The Bertz CT molecular complexity index is 1050. The fourth-order valence-electron chi connectivity index (χ4n) is 7.15. The predicted molar refractivity (Wildman–Crippen MR) is 117 cm³/mol. The summed E-state index contributed by atoms with van der Waals surface area (Å²) < 4.78 is 37.8. The maximum absolute atomic E-state index is 13.2. The van der Waals surface area contributed by atoms with Gasteiger partial charge in [-0.05, 0) is 80.9 Å². The first-order valence-electron chi connectivity index (χ1n) is 10.5. The number of carbonyl (C=O) groups is 1. The molecule has 0 spiro atoms. The van der Waals surface area contributed by atoms with Crippen molar-refractivity contribution >= 4 is 37.8 Å². The molecule has 1 aliphatic heterocycles. The lowest BCUT2D eigenvalue weighted by Gasteiger charge is -2.41. The van der Waals surface area contributed by atoms with Gasteiger partial charge in [-0.2, -0.15) is 0 Å². The normalized spacial score (nSPS) is 40.1. The summed E-state index contributed by atoms with van der Waals surface area (Å²) in [5, 5.41) is -0.868. The van der Waals surface area contributed by atoms with E-state index in [9.17, 15) is 13.2 Å². The Morgan fingerprint density at radius 3 is 2.57 bits per heavy atom. The van der Waals surface area contributed by atoms with E-state index in [1.165, 1.54) is 0 Å². The summed E-state index contributed by atoms with van der Waals surface area (Å²) in [6.45, 7) is 3.62. The molecule has 5 atom stereocenters. The molecule has 30 heavy (non-hydrogen) atoms. The Hall–Kier alpha value is -1.41. The molecule has 0 radical (unpaired) electrons. The standard InChI is InChI=1S/C22H27BrN2O4S/c1-20(2)18(14-3-5-16(23)6-4-14)30(27,28)25-17(29-20)11-21-8-13-7-15(21)10-22(9-13,12-21)19(24)26/h3-6,13,15,18H,7-12H2,1-2H3,(H2,24,26)/t13?,15?,18-,21?,22?/m1/s1. The van der Waals surface area contributed by atoms with Crippen LogP contribution in [0.25, 0.3) is 0 Å². The molecule has 4 saturated carbocycles. The molecule has 1 heterocycles. The molecule has 162 valence electrons. The minimum absolute atomic E-state index is 0.118. The summed E-state index contributed by atoms with van der Waals surface area (Å²) in [4.78, 5) is 12.2. The number of hydrogen-bond acceptors (Lipinski definition) is 4. The molecular formula is C22H27BrN2O4S. The van der Waals surface area contributed by atoms with E-state index in [4.69, 9.17) is 10.5 Å². The third kappa shape index (κ3) is 2.97. The number of nitrogens with zero attached hydrogens (tertiary/aromatic N) is 1. The van der Waals surface area contributed by atoms with Crippen molar-refractivity contribution in [2.75, 3.05) is 0 Å². The molecule has 4 fully saturated rings. The van der Waals surface area contributed by atoms with Crippen molar-refractivity contribution in [1.29, 1.82) is 0 Å². The van der Waals surface area contributed by atoms with E-state index in [1.807, 2.05) is 26.0 Å². The molecule has 6 rings (SSSR count). The summed E-state index contributed by atoms with van der Waals surface area (Å²) in [5.74, 6) is 0.981. The van der Waals surface area contributed by atoms with Gasteiger partial charge < -0.3 is 10.5 Å². The van der Waals surface area contributed by atoms with Gasteiger partial charge >= 0.3 is 0 Å². The molecule has 6 nitrogen and oxygen atoms in total. The largest absolute Gasteiger partial charge is 0.472 e. The fraction of sp³-hybridized carbons (Fsp3) is 0.636.